The highest BCUT2D eigenvalue weighted by molar-refractivity contribution is 7.85. The monoisotopic (exact) mass is 381 g/mol. The molecule has 1 aromatic heterocycles. The molecule has 0 saturated heterocycles. The zero-order valence-electron chi connectivity index (χ0n) is 14.4. The van der Waals surface area contributed by atoms with E-state index < -0.39 is 16.9 Å². The van der Waals surface area contributed by atoms with E-state index in [9.17, 15) is 13.4 Å². The van der Waals surface area contributed by atoms with Crippen LogP contribution in [0.15, 0.2) is 54.6 Å². The maximum absolute atomic E-state index is 14.4. The molecular formula is C20H16FN3O2S. The lowest BCUT2D eigenvalue weighted by molar-refractivity contribution is 0.100. The first-order valence-corrected chi connectivity index (χ1v) is 9.74. The Labute approximate surface area is 157 Å². The van der Waals surface area contributed by atoms with Gasteiger partial charge in [-0.2, -0.15) is 0 Å². The number of primary amides is 1. The summed E-state index contributed by atoms with van der Waals surface area (Å²) in [6.07, 6.45) is 1.54. The molecule has 0 fully saturated rings. The third-order valence-corrected chi connectivity index (χ3v) is 4.97. The minimum atomic E-state index is -1.21. The van der Waals surface area contributed by atoms with Gasteiger partial charge in [0, 0.05) is 33.8 Å². The van der Waals surface area contributed by atoms with E-state index in [0.29, 0.717) is 27.9 Å². The van der Waals surface area contributed by atoms with Gasteiger partial charge in [0.15, 0.2) is 0 Å². The molecule has 0 aliphatic heterocycles. The molecule has 7 heteroatoms. The number of anilines is 1. The van der Waals surface area contributed by atoms with E-state index in [-0.39, 0.29) is 5.82 Å². The largest absolute Gasteiger partial charge is 0.366 e. The third-order valence-electron chi connectivity index (χ3n) is 4.44. The summed E-state index contributed by atoms with van der Waals surface area (Å²) in [5.41, 5.74) is 8.91. The molecule has 0 aliphatic carbocycles. The number of hydrogen-bond donors (Lipinski definition) is 3. The van der Waals surface area contributed by atoms with Gasteiger partial charge in [0.25, 0.3) is 5.91 Å². The van der Waals surface area contributed by atoms with Crippen molar-refractivity contribution in [2.45, 2.75) is 0 Å². The molecule has 5 nitrogen and oxygen atoms in total. The van der Waals surface area contributed by atoms with E-state index in [2.05, 4.69) is 9.71 Å². The van der Waals surface area contributed by atoms with Gasteiger partial charge in [-0.25, -0.2) is 8.60 Å². The number of H-pyrrole nitrogens is 1. The van der Waals surface area contributed by atoms with Crippen LogP contribution in [0.2, 0.25) is 0 Å². The fraction of sp³-hybridized carbons (Fsp3) is 0.0500. The van der Waals surface area contributed by atoms with E-state index >= 15 is 0 Å². The zero-order valence-corrected chi connectivity index (χ0v) is 15.2. The average Bonchev–Trinajstić information content (AvgIpc) is 2.99. The second-order valence-electron chi connectivity index (χ2n) is 6.20. The highest BCUT2D eigenvalue weighted by Crippen LogP contribution is 2.38. The number of benzene rings is 3. The van der Waals surface area contributed by atoms with Crippen LogP contribution in [0.1, 0.15) is 10.4 Å². The van der Waals surface area contributed by atoms with Gasteiger partial charge in [-0.05, 0) is 29.8 Å². The molecule has 4 N–H and O–H groups in total. The number of aromatic amines is 1. The van der Waals surface area contributed by atoms with Crippen LogP contribution in [0.5, 0.6) is 0 Å². The molecule has 1 amide bonds. The summed E-state index contributed by atoms with van der Waals surface area (Å²) in [4.78, 5) is 15.1. The van der Waals surface area contributed by atoms with Crippen LogP contribution < -0.4 is 10.5 Å². The van der Waals surface area contributed by atoms with Gasteiger partial charge in [-0.1, -0.05) is 30.3 Å². The molecule has 0 bridgehead atoms. The van der Waals surface area contributed by atoms with E-state index in [1.165, 1.54) is 12.3 Å². The Kier molecular flexibility index (Phi) is 4.16. The normalized spacial score (nSPS) is 12.4. The number of fused-ring (bicyclic) bond motifs is 3. The Morgan fingerprint density at radius 1 is 1.11 bits per heavy atom. The molecule has 4 aromatic rings. The molecule has 0 spiro atoms. The van der Waals surface area contributed by atoms with E-state index in [4.69, 9.17) is 5.73 Å². The second-order valence-corrected chi connectivity index (χ2v) is 7.31. The summed E-state index contributed by atoms with van der Waals surface area (Å²) in [6, 6.07) is 15.2. The molecule has 4 rings (SSSR count). The molecule has 1 atom stereocenters. The predicted molar refractivity (Wildman–Crippen MR) is 107 cm³/mol. The highest BCUT2D eigenvalue weighted by Gasteiger charge is 2.18. The van der Waals surface area contributed by atoms with E-state index in [1.807, 2.05) is 6.07 Å². The Hall–Kier alpha value is -3.19. The predicted octanol–water partition coefficient (Wildman–Crippen LogP) is 3.93. The van der Waals surface area contributed by atoms with Crippen LogP contribution in [0.3, 0.4) is 0 Å². The molecule has 0 saturated carbocycles. The van der Waals surface area contributed by atoms with Gasteiger partial charge in [0.1, 0.15) is 16.8 Å². The van der Waals surface area contributed by atoms with Gasteiger partial charge >= 0.3 is 0 Å². The molecule has 27 heavy (non-hydrogen) atoms. The second kappa shape index (κ2) is 6.51. The summed E-state index contributed by atoms with van der Waals surface area (Å²) in [5, 5.41) is 1.54. The lowest BCUT2D eigenvalue weighted by Crippen LogP contribution is -2.11. The van der Waals surface area contributed by atoms with Gasteiger partial charge in [0.05, 0.1) is 11.1 Å². The number of halogens is 1. The van der Waals surface area contributed by atoms with Crippen molar-refractivity contribution < 1.29 is 13.4 Å². The molecule has 136 valence electrons. The maximum atomic E-state index is 14.4. The maximum Gasteiger partial charge on any atom is 0.250 e. The average molecular weight is 381 g/mol. The Bertz CT molecular complexity index is 1230. The standard InChI is InChI=1S/C20H16FN3O2S/c1-27(26)24-11-6-7-14-17(10-11)23-19-15(20(22)25)9-8-13(18(14)19)12-4-2-3-5-16(12)21/h2-10,23-24H,1H3,(H2,22,25). The van der Waals surface area contributed by atoms with Crippen molar-refractivity contribution in [3.05, 3.63) is 66.0 Å². The van der Waals surface area contributed by atoms with Gasteiger partial charge in [-0.15, -0.1) is 0 Å². The SMILES string of the molecule is CS(=O)Nc1ccc2c(c1)[nH]c1c(C(N)=O)ccc(-c3ccccc3F)c12. The lowest BCUT2D eigenvalue weighted by Gasteiger charge is -2.08. The fourth-order valence-electron chi connectivity index (χ4n) is 3.35. The van der Waals surface area contributed by atoms with Gasteiger partial charge in [-0.3, -0.25) is 4.79 Å². The molecule has 1 heterocycles. The summed E-state index contributed by atoms with van der Waals surface area (Å²) in [7, 11) is -1.21. The smallest absolute Gasteiger partial charge is 0.250 e. The molecule has 1 unspecified atom stereocenters. The van der Waals surface area contributed by atoms with Crippen molar-refractivity contribution in [1.82, 2.24) is 4.98 Å². The Morgan fingerprint density at radius 2 is 1.89 bits per heavy atom. The van der Waals surface area contributed by atoms with Crippen LogP contribution in [0, 0.1) is 5.82 Å². The zero-order chi connectivity index (χ0) is 19.1. The van der Waals surface area contributed by atoms with Crippen LogP contribution in [0.25, 0.3) is 32.9 Å². The first kappa shape index (κ1) is 17.2. The topological polar surface area (TPSA) is 88.0 Å². The highest BCUT2D eigenvalue weighted by atomic mass is 32.2. The van der Waals surface area contributed by atoms with E-state index in [1.54, 1.807) is 42.5 Å². The summed E-state index contributed by atoms with van der Waals surface area (Å²) in [5.74, 6) is -0.917. The number of nitrogens with one attached hydrogen (secondary N) is 2. The fourth-order valence-corrected chi connectivity index (χ4v) is 3.81. The first-order chi connectivity index (χ1) is 13.0. The van der Waals surface area contributed by atoms with E-state index in [0.717, 1.165) is 16.3 Å². The lowest BCUT2D eigenvalue weighted by atomic mass is 9.96. The quantitative estimate of drug-likeness (QED) is 0.500. The number of aromatic nitrogens is 1. The number of amides is 1. The number of carbonyl (C=O) groups excluding carboxylic acids is 1. The van der Waals surface area contributed by atoms with Crippen molar-refractivity contribution in [2.24, 2.45) is 5.73 Å². The van der Waals surface area contributed by atoms with Crippen molar-refractivity contribution in [2.75, 3.05) is 11.0 Å². The van der Waals surface area contributed by atoms with Gasteiger partial charge < -0.3 is 15.4 Å². The van der Waals surface area contributed by atoms with Crippen LogP contribution in [0.4, 0.5) is 10.1 Å². The molecule has 0 aliphatic rings. The van der Waals surface area contributed by atoms with Crippen molar-refractivity contribution >= 4 is 44.4 Å². The van der Waals surface area contributed by atoms with Crippen molar-refractivity contribution in [1.29, 1.82) is 0 Å². The summed E-state index contributed by atoms with van der Waals surface area (Å²) >= 11 is 0. The Balaban J connectivity index is 2.08. The number of nitrogens with two attached hydrogens (primary N) is 1. The van der Waals surface area contributed by atoms with Crippen LogP contribution in [-0.4, -0.2) is 21.4 Å². The van der Waals surface area contributed by atoms with Crippen molar-refractivity contribution in [3.63, 3.8) is 0 Å². The molecule has 0 radical (unpaired) electrons. The minimum Gasteiger partial charge on any atom is -0.366 e. The number of hydrogen-bond acceptors (Lipinski definition) is 2. The summed E-state index contributed by atoms with van der Waals surface area (Å²) < 4.78 is 28.7. The van der Waals surface area contributed by atoms with Crippen LogP contribution in [-0.2, 0) is 11.0 Å². The molecule has 3 aromatic carbocycles. The van der Waals surface area contributed by atoms with Crippen molar-refractivity contribution in [3.8, 4) is 11.1 Å². The summed E-state index contributed by atoms with van der Waals surface area (Å²) in [6.45, 7) is 0. The Morgan fingerprint density at radius 3 is 2.59 bits per heavy atom. The minimum absolute atomic E-state index is 0.329. The third kappa shape index (κ3) is 2.96. The number of rotatable bonds is 4. The first-order valence-electron chi connectivity index (χ1n) is 8.19. The molecular weight excluding hydrogens is 365 g/mol. The number of carbonyl (C=O) groups is 1. The van der Waals surface area contributed by atoms with Gasteiger partial charge in [0.2, 0.25) is 0 Å². The van der Waals surface area contributed by atoms with Crippen LogP contribution >= 0.6 is 0 Å².